The van der Waals surface area contributed by atoms with Crippen molar-refractivity contribution in [3.8, 4) is 0 Å². The molecule has 1 aliphatic heterocycles. The monoisotopic (exact) mass is 374 g/mol. The molecule has 0 aromatic heterocycles. The minimum Gasteiger partial charge on any atom is -0.339 e. The van der Waals surface area contributed by atoms with Crippen molar-refractivity contribution in [3.05, 3.63) is 70.5 Å². The summed E-state index contributed by atoms with van der Waals surface area (Å²) in [6.45, 7) is 2.01. The smallest absolute Gasteiger partial charge is 0.227 e. The molecule has 4 nitrogen and oxygen atoms in total. The summed E-state index contributed by atoms with van der Waals surface area (Å²) in [4.78, 5) is 28.3. The number of nitrogens with zero attached hydrogens (tertiary/aromatic N) is 2. The number of hydrogen-bond donors (Lipinski definition) is 0. The van der Waals surface area contributed by atoms with Crippen LogP contribution in [0.1, 0.15) is 11.1 Å². The fourth-order valence-electron chi connectivity index (χ4n) is 3.07. The fourth-order valence-corrected chi connectivity index (χ4v) is 3.28. The van der Waals surface area contributed by atoms with Crippen molar-refractivity contribution < 1.29 is 14.0 Å². The van der Waals surface area contributed by atoms with E-state index < -0.39 is 0 Å². The molecule has 0 bridgehead atoms. The minimum atomic E-state index is -0.341. The third-order valence-electron chi connectivity index (χ3n) is 4.47. The summed E-state index contributed by atoms with van der Waals surface area (Å²) in [5, 5.41) is 0.614. The lowest BCUT2D eigenvalue weighted by Gasteiger charge is -2.35. The molecule has 26 heavy (non-hydrogen) atoms. The summed E-state index contributed by atoms with van der Waals surface area (Å²) in [6, 6.07) is 13.4. The molecule has 2 aromatic rings. The van der Waals surface area contributed by atoms with Crippen LogP contribution in [-0.2, 0) is 22.4 Å². The zero-order valence-electron chi connectivity index (χ0n) is 14.3. The Morgan fingerprint density at radius 2 is 1.35 bits per heavy atom. The molecule has 0 saturated carbocycles. The summed E-state index contributed by atoms with van der Waals surface area (Å²) in [7, 11) is 0. The van der Waals surface area contributed by atoms with E-state index in [9.17, 15) is 14.0 Å². The van der Waals surface area contributed by atoms with E-state index in [-0.39, 0.29) is 24.1 Å². The first kappa shape index (κ1) is 18.4. The largest absolute Gasteiger partial charge is 0.339 e. The van der Waals surface area contributed by atoms with Crippen molar-refractivity contribution in [2.24, 2.45) is 0 Å². The number of carbonyl (C=O) groups is 2. The van der Waals surface area contributed by atoms with Gasteiger partial charge in [0.15, 0.2) is 0 Å². The molecule has 1 aliphatic rings. The number of piperazine rings is 1. The third-order valence-corrected chi connectivity index (χ3v) is 4.71. The maximum atomic E-state index is 13.2. The second-order valence-electron chi connectivity index (χ2n) is 6.37. The zero-order valence-corrected chi connectivity index (χ0v) is 15.1. The van der Waals surface area contributed by atoms with Crippen LogP contribution in [0.5, 0.6) is 0 Å². The van der Waals surface area contributed by atoms with E-state index in [2.05, 4.69) is 0 Å². The molecule has 0 spiro atoms. The molecule has 1 fully saturated rings. The second-order valence-corrected chi connectivity index (χ2v) is 6.81. The lowest BCUT2D eigenvalue weighted by Crippen LogP contribution is -2.51. The first-order valence-electron chi connectivity index (χ1n) is 8.56. The molecule has 0 aliphatic carbocycles. The maximum Gasteiger partial charge on any atom is 0.227 e. The molecule has 3 rings (SSSR count). The molecule has 0 radical (unpaired) electrons. The van der Waals surface area contributed by atoms with Gasteiger partial charge in [-0.05, 0) is 35.4 Å². The van der Waals surface area contributed by atoms with E-state index in [1.54, 1.807) is 34.1 Å². The Labute approximate surface area is 157 Å². The number of hydrogen-bond acceptors (Lipinski definition) is 2. The lowest BCUT2D eigenvalue weighted by atomic mass is 10.1. The van der Waals surface area contributed by atoms with Crippen molar-refractivity contribution in [2.45, 2.75) is 12.8 Å². The van der Waals surface area contributed by atoms with Gasteiger partial charge in [-0.25, -0.2) is 4.39 Å². The van der Waals surface area contributed by atoms with Crippen LogP contribution < -0.4 is 0 Å². The number of rotatable bonds is 4. The Bertz CT molecular complexity index is 736. The number of benzene rings is 2. The number of carbonyl (C=O) groups excluding carboxylic acids is 2. The van der Waals surface area contributed by atoms with E-state index in [4.69, 9.17) is 11.6 Å². The van der Waals surface area contributed by atoms with Crippen LogP contribution in [0.2, 0.25) is 5.02 Å². The Balaban J connectivity index is 1.50. The summed E-state index contributed by atoms with van der Waals surface area (Å²) in [5.74, 6) is -0.353. The average Bonchev–Trinajstić information content (AvgIpc) is 2.62. The maximum absolute atomic E-state index is 13.2. The average molecular weight is 375 g/mol. The molecule has 0 atom stereocenters. The van der Waals surface area contributed by atoms with Gasteiger partial charge in [-0.2, -0.15) is 0 Å². The van der Waals surface area contributed by atoms with Crippen molar-refractivity contribution in [3.63, 3.8) is 0 Å². The van der Waals surface area contributed by atoms with E-state index >= 15 is 0 Å². The van der Waals surface area contributed by atoms with E-state index in [1.807, 2.05) is 12.1 Å². The summed E-state index contributed by atoms with van der Waals surface area (Å²) >= 11 is 5.95. The standard InChI is InChI=1S/C20H20ClFN2O2/c21-17-5-1-3-15(11-17)13-19(25)23-7-9-24(10-8-23)20(26)14-16-4-2-6-18(22)12-16/h1-6,11-12H,7-10,13-14H2. The highest BCUT2D eigenvalue weighted by Gasteiger charge is 2.24. The Kier molecular flexibility index (Phi) is 5.89. The highest BCUT2D eigenvalue weighted by molar-refractivity contribution is 6.30. The first-order valence-corrected chi connectivity index (χ1v) is 8.93. The summed E-state index contributed by atoms with van der Waals surface area (Å²) in [5.41, 5.74) is 1.54. The molecule has 2 aromatic carbocycles. The van der Waals surface area contributed by atoms with Gasteiger partial charge in [0.1, 0.15) is 5.82 Å². The fraction of sp³-hybridized carbons (Fsp3) is 0.300. The predicted molar refractivity (Wildman–Crippen MR) is 98.4 cm³/mol. The SMILES string of the molecule is O=C(Cc1cccc(F)c1)N1CCN(C(=O)Cc2cccc(Cl)c2)CC1. The Hall–Kier alpha value is -2.40. The van der Waals surface area contributed by atoms with Crippen LogP contribution in [0.15, 0.2) is 48.5 Å². The van der Waals surface area contributed by atoms with E-state index in [0.29, 0.717) is 43.2 Å². The van der Waals surface area contributed by atoms with Crippen LogP contribution >= 0.6 is 11.6 Å². The van der Waals surface area contributed by atoms with Crippen molar-refractivity contribution in [1.29, 1.82) is 0 Å². The lowest BCUT2D eigenvalue weighted by molar-refractivity contribution is -0.138. The Morgan fingerprint density at radius 1 is 0.846 bits per heavy atom. The van der Waals surface area contributed by atoms with Gasteiger partial charge >= 0.3 is 0 Å². The van der Waals surface area contributed by atoms with Crippen LogP contribution in [-0.4, -0.2) is 47.8 Å². The predicted octanol–water partition coefficient (Wildman–Crippen LogP) is 2.94. The van der Waals surface area contributed by atoms with Crippen LogP contribution in [0.3, 0.4) is 0 Å². The van der Waals surface area contributed by atoms with Crippen molar-refractivity contribution in [2.75, 3.05) is 26.2 Å². The first-order chi connectivity index (χ1) is 12.5. The second kappa shape index (κ2) is 8.32. The molecule has 1 heterocycles. The van der Waals surface area contributed by atoms with E-state index in [0.717, 1.165) is 5.56 Å². The van der Waals surface area contributed by atoms with Gasteiger partial charge in [-0.3, -0.25) is 9.59 Å². The van der Waals surface area contributed by atoms with Gasteiger partial charge in [-0.1, -0.05) is 35.9 Å². The summed E-state index contributed by atoms with van der Waals surface area (Å²) < 4.78 is 13.2. The molecule has 136 valence electrons. The van der Waals surface area contributed by atoms with Gasteiger partial charge < -0.3 is 9.80 Å². The summed E-state index contributed by atoms with van der Waals surface area (Å²) in [6.07, 6.45) is 0.478. The molecule has 2 amide bonds. The molecule has 0 N–H and O–H groups in total. The molecule has 0 unspecified atom stereocenters. The zero-order chi connectivity index (χ0) is 18.5. The van der Waals surface area contributed by atoms with E-state index in [1.165, 1.54) is 12.1 Å². The number of halogens is 2. The molecule has 1 saturated heterocycles. The Morgan fingerprint density at radius 3 is 1.85 bits per heavy atom. The van der Waals surface area contributed by atoms with Gasteiger partial charge in [0.05, 0.1) is 12.8 Å². The van der Waals surface area contributed by atoms with Crippen LogP contribution in [0.25, 0.3) is 0 Å². The highest BCUT2D eigenvalue weighted by Crippen LogP contribution is 2.13. The van der Waals surface area contributed by atoms with Crippen molar-refractivity contribution in [1.82, 2.24) is 9.80 Å². The minimum absolute atomic E-state index is 0.0319. The topological polar surface area (TPSA) is 40.6 Å². The van der Waals surface area contributed by atoms with Gasteiger partial charge in [0.25, 0.3) is 0 Å². The third kappa shape index (κ3) is 4.82. The molecule has 6 heteroatoms. The molecular formula is C20H20ClFN2O2. The van der Waals surface area contributed by atoms with Gasteiger partial charge in [-0.15, -0.1) is 0 Å². The highest BCUT2D eigenvalue weighted by atomic mass is 35.5. The van der Waals surface area contributed by atoms with Crippen LogP contribution in [0.4, 0.5) is 4.39 Å². The van der Waals surface area contributed by atoms with Gasteiger partial charge in [0.2, 0.25) is 11.8 Å². The molecular weight excluding hydrogens is 355 g/mol. The van der Waals surface area contributed by atoms with Crippen molar-refractivity contribution >= 4 is 23.4 Å². The quantitative estimate of drug-likeness (QED) is 0.825. The van der Waals surface area contributed by atoms with Gasteiger partial charge in [0, 0.05) is 31.2 Å². The normalized spacial score (nSPS) is 14.4. The number of amides is 2. The van der Waals surface area contributed by atoms with Crippen LogP contribution in [0, 0.1) is 5.82 Å².